The monoisotopic (exact) mass is 330 g/mol. The first-order valence-electron chi connectivity index (χ1n) is 8.57. The highest BCUT2D eigenvalue weighted by atomic mass is 19.2. The second-order valence-corrected chi connectivity index (χ2v) is 6.36. The molecule has 0 radical (unpaired) electrons. The number of allylic oxidation sites excluding steroid dienone is 1. The summed E-state index contributed by atoms with van der Waals surface area (Å²) in [6.07, 6.45) is 8.11. The summed E-state index contributed by atoms with van der Waals surface area (Å²) in [5, 5.41) is 0. The molecule has 0 unspecified atom stereocenters. The van der Waals surface area contributed by atoms with Crippen LogP contribution in [0.5, 0.6) is 0 Å². The van der Waals surface area contributed by atoms with E-state index in [0.29, 0.717) is 12.0 Å². The molecular weight excluding hydrogens is 309 g/mol. The van der Waals surface area contributed by atoms with Gasteiger partial charge in [-0.1, -0.05) is 55.7 Å². The average Bonchev–Trinajstić information content (AvgIpc) is 2.58. The van der Waals surface area contributed by atoms with Crippen LogP contribution in [0.15, 0.2) is 35.9 Å². The van der Waals surface area contributed by atoms with Crippen molar-refractivity contribution in [3.8, 4) is 11.1 Å². The molecule has 24 heavy (non-hydrogen) atoms. The quantitative estimate of drug-likeness (QED) is 0.536. The standard InChI is InChI=1S/C21H21F3/c1-2-3-4-6-14-9-11-16-15(13-14)10-12-18(20(16)23)17-7-5-8-19(22)21(17)24/h5,7-8,10,12-13H,2-4,6,9,11H2,1H3. The second kappa shape index (κ2) is 7.25. The lowest BCUT2D eigenvalue weighted by Crippen LogP contribution is -2.05. The fourth-order valence-corrected chi connectivity index (χ4v) is 3.32. The molecule has 0 heterocycles. The van der Waals surface area contributed by atoms with Crippen molar-refractivity contribution in [1.29, 1.82) is 0 Å². The highest BCUT2D eigenvalue weighted by Crippen LogP contribution is 2.35. The zero-order chi connectivity index (χ0) is 17.1. The van der Waals surface area contributed by atoms with Crippen LogP contribution >= 0.6 is 0 Å². The minimum absolute atomic E-state index is 0.0203. The van der Waals surface area contributed by atoms with Gasteiger partial charge in [-0.15, -0.1) is 0 Å². The van der Waals surface area contributed by atoms with E-state index >= 15 is 0 Å². The van der Waals surface area contributed by atoms with Crippen molar-refractivity contribution in [3.05, 3.63) is 64.5 Å². The Labute approximate surface area is 141 Å². The van der Waals surface area contributed by atoms with E-state index in [1.54, 1.807) is 6.07 Å². The third kappa shape index (κ3) is 3.26. The minimum Gasteiger partial charge on any atom is -0.206 e. The molecular formula is C21H21F3. The summed E-state index contributed by atoms with van der Waals surface area (Å²) in [4.78, 5) is 0. The molecule has 0 saturated heterocycles. The first-order chi connectivity index (χ1) is 11.6. The molecule has 0 amide bonds. The summed E-state index contributed by atoms with van der Waals surface area (Å²) in [5.74, 6) is -2.38. The smallest absolute Gasteiger partial charge is 0.166 e. The molecule has 2 aromatic rings. The SMILES string of the molecule is CCCCCC1=Cc2ccc(-c3cccc(F)c3F)c(F)c2CC1. The Kier molecular flexibility index (Phi) is 5.08. The van der Waals surface area contributed by atoms with E-state index in [-0.39, 0.29) is 11.1 Å². The first-order valence-corrected chi connectivity index (χ1v) is 8.57. The highest BCUT2D eigenvalue weighted by molar-refractivity contribution is 5.71. The summed E-state index contributed by atoms with van der Waals surface area (Å²) < 4.78 is 42.3. The molecule has 126 valence electrons. The molecule has 0 N–H and O–H groups in total. The topological polar surface area (TPSA) is 0 Å². The largest absolute Gasteiger partial charge is 0.206 e. The predicted molar refractivity (Wildman–Crippen MR) is 92.2 cm³/mol. The van der Waals surface area contributed by atoms with Gasteiger partial charge < -0.3 is 0 Å². The van der Waals surface area contributed by atoms with Crippen molar-refractivity contribution in [2.75, 3.05) is 0 Å². The van der Waals surface area contributed by atoms with Crippen molar-refractivity contribution in [2.24, 2.45) is 0 Å². The normalized spacial score (nSPS) is 13.6. The second-order valence-electron chi connectivity index (χ2n) is 6.36. The van der Waals surface area contributed by atoms with Gasteiger partial charge in [-0.25, -0.2) is 13.2 Å². The summed E-state index contributed by atoms with van der Waals surface area (Å²) in [5.41, 5.74) is 2.93. The van der Waals surface area contributed by atoms with Gasteiger partial charge in [0.1, 0.15) is 5.82 Å². The number of hydrogen-bond donors (Lipinski definition) is 0. The Morgan fingerprint density at radius 1 is 0.875 bits per heavy atom. The lowest BCUT2D eigenvalue weighted by Gasteiger charge is -2.19. The minimum atomic E-state index is -0.997. The molecule has 3 rings (SSSR count). The van der Waals surface area contributed by atoms with E-state index in [1.807, 2.05) is 6.07 Å². The van der Waals surface area contributed by atoms with Crippen LogP contribution in [0, 0.1) is 17.5 Å². The summed E-state index contributed by atoms with van der Waals surface area (Å²) in [6, 6.07) is 7.23. The maximum atomic E-state index is 14.9. The van der Waals surface area contributed by atoms with Gasteiger partial charge in [-0.2, -0.15) is 0 Å². The van der Waals surface area contributed by atoms with Crippen LogP contribution in [0.25, 0.3) is 17.2 Å². The fourth-order valence-electron chi connectivity index (χ4n) is 3.32. The maximum absolute atomic E-state index is 14.9. The Hall–Kier alpha value is -2.03. The molecule has 1 aliphatic rings. The van der Waals surface area contributed by atoms with Crippen molar-refractivity contribution in [2.45, 2.75) is 45.4 Å². The van der Waals surface area contributed by atoms with Crippen LogP contribution in [0.2, 0.25) is 0 Å². The Morgan fingerprint density at radius 2 is 1.67 bits per heavy atom. The van der Waals surface area contributed by atoms with E-state index in [9.17, 15) is 13.2 Å². The summed E-state index contributed by atoms with van der Waals surface area (Å²) >= 11 is 0. The highest BCUT2D eigenvalue weighted by Gasteiger charge is 2.20. The van der Waals surface area contributed by atoms with E-state index in [4.69, 9.17) is 0 Å². The number of rotatable bonds is 5. The van der Waals surface area contributed by atoms with Crippen LogP contribution in [0.3, 0.4) is 0 Å². The third-order valence-electron chi connectivity index (χ3n) is 4.68. The van der Waals surface area contributed by atoms with Gasteiger partial charge in [0.15, 0.2) is 11.6 Å². The molecule has 0 atom stereocenters. The van der Waals surface area contributed by atoms with Crippen LogP contribution in [0.1, 0.15) is 50.2 Å². The predicted octanol–water partition coefficient (Wildman–Crippen LogP) is 6.68. The van der Waals surface area contributed by atoms with Gasteiger partial charge in [0.05, 0.1) is 0 Å². The molecule has 3 heteroatoms. The van der Waals surface area contributed by atoms with Gasteiger partial charge in [0, 0.05) is 11.1 Å². The van der Waals surface area contributed by atoms with E-state index < -0.39 is 17.5 Å². The molecule has 0 aliphatic heterocycles. The summed E-state index contributed by atoms with van der Waals surface area (Å²) in [7, 11) is 0. The Balaban J connectivity index is 1.94. The zero-order valence-electron chi connectivity index (χ0n) is 13.8. The number of fused-ring (bicyclic) bond motifs is 1. The number of benzene rings is 2. The lowest BCUT2D eigenvalue weighted by molar-refractivity contribution is 0.510. The molecule has 0 spiro atoms. The molecule has 0 nitrogen and oxygen atoms in total. The Morgan fingerprint density at radius 3 is 2.46 bits per heavy atom. The summed E-state index contributed by atoms with van der Waals surface area (Å²) in [6.45, 7) is 2.17. The van der Waals surface area contributed by atoms with E-state index in [0.717, 1.165) is 30.9 Å². The van der Waals surface area contributed by atoms with Crippen LogP contribution < -0.4 is 0 Å². The van der Waals surface area contributed by atoms with E-state index in [2.05, 4.69) is 13.0 Å². The molecule has 0 aromatic heterocycles. The first kappa shape index (κ1) is 16.8. The zero-order valence-corrected chi connectivity index (χ0v) is 13.8. The number of halogens is 3. The van der Waals surface area contributed by atoms with Crippen molar-refractivity contribution in [3.63, 3.8) is 0 Å². The van der Waals surface area contributed by atoms with Crippen LogP contribution in [-0.2, 0) is 6.42 Å². The van der Waals surface area contributed by atoms with Gasteiger partial charge >= 0.3 is 0 Å². The maximum Gasteiger partial charge on any atom is 0.166 e. The van der Waals surface area contributed by atoms with Gasteiger partial charge in [0.25, 0.3) is 0 Å². The van der Waals surface area contributed by atoms with Gasteiger partial charge in [-0.3, -0.25) is 0 Å². The molecule has 1 aliphatic carbocycles. The van der Waals surface area contributed by atoms with E-state index in [1.165, 1.54) is 30.5 Å². The molecule has 0 fully saturated rings. The fraction of sp³-hybridized carbons (Fsp3) is 0.333. The molecule has 0 saturated carbocycles. The number of unbranched alkanes of at least 4 members (excludes halogenated alkanes) is 2. The average molecular weight is 330 g/mol. The third-order valence-corrected chi connectivity index (χ3v) is 4.68. The van der Waals surface area contributed by atoms with Crippen molar-refractivity contribution in [1.82, 2.24) is 0 Å². The van der Waals surface area contributed by atoms with Crippen LogP contribution in [0.4, 0.5) is 13.2 Å². The lowest BCUT2D eigenvalue weighted by atomic mass is 9.87. The molecule has 0 bridgehead atoms. The molecule has 2 aromatic carbocycles. The Bertz CT molecular complexity index is 775. The van der Waals surface area contributed by atoms with Crippen molar-refractivity contribution >= 4 is 6.08 Å². The van der Waals surface area contributed by atoms with Crippen molar-refractivity contribution < 1.29 is 13.2 Å². The van der Waals surface area contributed by atoms with Gasteiger partial charge in [-0.05, 0) is 42.9 Å². The van der Waals surface area contributed by atoms with Crippen LogP contribution in [-0.4, -0.2) is 0 Å². The number of hydrogen-bond acceptors (Lipinski definition) is 0. The van der Waals surface area contributed by atoms with Gasteiger partial charge in [0.2, 0.25) is 0 Å².